The number of hydrogen-bond donors (Lipinski definition) is 1. The van der Waals surface area contributed by atoms with Crippen LogP contribution in [0.2, 0.25) is 0 Å². The van der Waals surface area contributed by atoms with E-state index in [4.69, 9.17) is 0 Å². The lowest BCUT2D eigenvalue weighted by atomic mass is 10.1. The number of nitrogens with one attached hydrogen (secondary N) is 1. The molecule has 1 aromatic carbocycles. The number of carbonyl (C=O) groups excluding carboxylic acids is 2. The van der Waals surface area contributed by atoms with Gasteiger partial charge in [-0.2, -0.15) is 0 Å². The molecule has 1 unspecified atom stereocenters. The van der Waals surface area contributed by atoms with E-state index in [0.29, 0.717) is 18.5 Å². The summed E-state index contributed by atoms with van der Waals surface area (Å²) < 4.78 is 12.8. The van der Waals surface area contributed by atoms with Crippen LogP contribution < -0.4 is 5.32 Å². The minimum absolute atomic E-state index is 0.0146. The van der Waals surface area contributed by atoms with Gasteiger partial charge >= 0.3 is 0 Å². The second-order valence-electron chi connectivity index (χ2n) is 5.17. The lowest BCUT2D eigenvalue weighted by molar-refractivity contribution is -0.119. The standard InChI is InChI=1S/C15H19FN2O2/c1-11(19)17-14-6-8-18(10-14)9-7-15(20)12-2-4-13(16)5-3-12/h2-5,14H,6-10H2,1H3,(H,17,19). The first-order valence-corrected chi connectivity index (χ1v) is 6.83. The van der Waals surface area contributed by atoms with Gasteiger partial charge in [0.05, 0.1) is 0 Å². The van der Waals surface area contributed by atoms with Crippen molar-refractivity contribution in [3.8, 4) is 0 Å². The maximum atomic E-state index is 12.8. The summed E-state index contributed by atoms with van der Waals surface area (Å²) in [6, 6.07) is 5.82. The van der Waals surface area contributed by atoms with Crippen LogP contribution in [0.5, 0.6) is 0 Å². The molecule has 0 spiro atoms. The Labute approximate surface area is 118 Å². The van der Waals surface area contributed by atoms with E-state index in [0.717, 1.165) is 19.5 Å². The van der Waals surface area contributed by atoms with Crippen molar-refractivity contribution in [3.05, 3.63) is 35.6 Å². The number of nitrogens with zero attached hydrogens (tertiary/aromatic N) is 1. The number of benzene rings is 1. The highest BCUT2D eigenvalue weighted by Crippen LogP contribution is 2.11. The first-order valence-electron chi connectivity index (χ1n) is 6.83. The van der Waals surface area contributed by atoms with Crippen LogP contribution in [0, 0.1) is 5.82 Å². The molecule has 1 heterocycles. The zero-order valence-electron chi connectivity index (χ0n) is 11.6. The summed E-state index contributed by atoms with van der Waals surface area (Å²) in [5.41, 5.74) is 0.545. The van der Waals surface area contributed by atoms with Crippen LogP contribution in [0.15, 0.2) is 24.3 Å². The van der Waals surface area contributed by atoms with Crippen LogP contribution in [-0.2, 0) is 4.79 Å². The highest BCUT2D eigenvalue weighted by Gasteiger charge is 2.23. The Morgan fingerprint density at radius 3 is 2.70 bits per heavy atom. The Morgan fingerprint density at radius 1 is 1.35 bits per heavy atom. The quantitative estimate of drug-likeness (QED) is 0.832. The second kappa shape index (κ2) is 6.61. The number of hydrogen-bond acceptors (Lipinski definition) is 3. The van der Waals surface area contributed by atoms with Crippen molar-refractivity contribution >= 4 is 11.7 Å². The number of carbonyl (C=O) groups is 2. The van der Waals surface area contributed by atoms with Gasteiger partial charge in [-0.25, -0.2) is 4.39 Å². The average molecular weight is 278 g/mol. The lowest BCUT2D eigenvalue weighted by Crippen LogP contribution is -2.35. The van der Waals surface area contributed by atoms with E-state index in [1.807, 2.05) is 0 Å². The monoisotopic (exact) mass is 278 g/mol. The predicted molar refractivity (Wildman–Crippen MR) is 74.0 cm³/mol. The molecule has 1 aromatic rings. The molecule has 0 saturated carbocycles. The van der Waals surface area contributed by atoms with Gasteiger partial charge in [0.25, 0.3) is 0 Å². The largest absolute Gasteiger partial charge is 0.352 e. The first kappa shape index (κ1) is 14.7. The third kappa shape index (κ3) is 4.13. The molecule has 20 heavy (non-hydrogen) atoms. The van der Waals surface area contributed by atoms with E-state index in [9.17, 15) is 14.0 Å². The number of Topliss-reactive ketones (excluding diaryl/α,β-unsaturated/α-hetero) is 1. The third-order valence-electron chi connectivity index (χ3n) is 3.50. The summed E-state index contributed by atoms with van der Waals surface area (Å²) in [5.74, 6) is -0.327. The van der Waals surface area contributed by atoms with Gasteiger partial charge in [-0.3, -0.25) is 9.59 Å². The van der Waals surface area contributed by atoms with Gasteiger partial charge in [-0.15, -0.1) is 0 Å². The summed E-state index contributed by atoms with van der Waals surface area (Å²) >= 11 is 0. The topological polar surface area (TPSA) is 49.4 Å². The summed E-state index contributed by atoms with van der Waals surface area (Å²) in [5, 5.41) is 2.89. The molecule has 0 bridgehead atoms. The van der Waals surface area contributed by atoms with E-state index in [1.165, 1.54) is 31.2 Å². The maximum Gasteiger partial charge on any atom is 0.217 e. The van der Waals surface area contributed by atoms with Gasteiger partial charge < -0.3 is 10.2 Å². The number of ketones is 1. The highest BCUT2D eigenvalue weighted by molar-refractivity contribution is 5.96. The predicted octanol–water partition coefficient (Wildman–Crippen LogP) is 1.61. The molecule has 1 atom stereocenters. The van der Waals surface area contributed by atoms with E-state index >= 15 is 0 Å². The zero-order valence-corrected chi connectivity index (χ0v) is 11.6. The Morgan fingerprint density at radius 2 is 2.05 bits per heavy atom. The van der Waals surface area contributed by atoms with Gasteiger partial charge in [0, 0.05) is 44.6 Å². The van der Waals surface area contributed by atoms with E-state index in [2.05, 4.69) is 10.2 Å². The van der Waals surface area contributed by atoms with Crippen molar-refractivity contribution in [3.63, 3.8) is 0 Å². The molecule has 2 rings (SSSR count). The molecule has 1 aliphatic rings. The van der Waals surface area contributed by atoms with Crippen LogP contribution in [-0.4, -0.2) is 42.3 Å². The van der Waals surface area contributed by atoms with Gasteiger partial charge in [0.2, 0.25) is 5.91 Å². The van der Waals surface area contributed by atoms with Crippen LogP contribution >= 0.6 is 0 Å². The first-order chi connectivity index (χ1) is 9.54. The van der Waals surface area contributed by atoms with Crippen molar-refractivity contribution in [2.45, 2.75) is 25.8 Å². The fourth-order valence-electron chi connectivity index (χ4n) is 2.48. The second-order valence-corrected chi connectivity index (χ2v) is 5.17. The smallest absolute Gasteiger partial charge is 0.217 e. The highest BCUT2D eigenvalue weighted by atomic mass is 19.1. The minimum Gasteiger partial charge on any atom is -0.352 e. The molecule has 1 saturated heterocycles. The zero-order chi connectivity index (χ0) is 14.5. The van der Waals surface area contributed by atoms with Gasteiger partial charge in [0.15, 0.2) is 5.78 Å². The van der Waals surface area contributed by atoms with Crippen LogP contribution in [0.4, 0.5) is 4.39 Å². The minimum atomic E-state index is -0.334. The molecule has 1 aliphatic heterocycles. The van der Waals surface area contributed by atoms with E-state index < -0.39 is 0 Å². The van der Waals surface area contributed by atoms with Gasteiger partial charge in [-0.1, -0.05) is 0 Å². The van der Waals surface area contributed by atoms with Crippen molar-refractivity contribution in [2.75, 3.05) is 19.6 Å². The molecule has 0 radical (unpaired) electrons. The Kier molecular flexibility index (Phi) is 4.84. The fraction of sp³-hybridized carbons (Fsp3) is 0.467. The van der Waals surface area contributed by atoms with Gasteiger partial charge in [0.1, 0.15) is 5.82 Å². The summed E-state index contributed by atoms with van der Waals surface area (Å²) in [6.45, 7) is 3.87. The number of halogens is 1. The summed E-state index contributed by atoms with van der Waals surface area (Å²) in [6.07, 6.45) is 1.34. The summed E-state index contributed by atoms with van der Waals surface area (Å²) in [7, 11) is 0. The fourth-order valence-corrected chi connectivity index (χ4v) is 2.48. The average Bonchev–Trinajstić information content (AvgIpc) is 2.83. The Hall–Kier alpha value is -1.75. The molecule has 0 aliphatic carbocycles. The number of likely N-dealkylation sites (tertiary alicyclic amines) is 1. The SMILES string of the molecule is CC(=O)NC1CCN(CCC(=O)c2ccc(F)cc2)C1. The van der Waals surface area contributed by atoms with Crippen molar-refractivity contribution < 1.29 is 14.0 Å². The van der Waals surface area contributed by atoms with Crippen molar-refractivity contribution in [1.82, 2.24) is 10.2 Å². The van der Waals surface area contributed by atoms with Crippen molar-refractivity contribution in [2.24, 2.45) is 0 Å². The van der Waals surface area contributed by atoms with Crippen LogP contribution in [0.1, 0.15) is 30.1 Å². The van der Waals surface area contributed by atoms with E-state index in [-0.39, 0.29) is 23.5 Å². The molecule has 108 valence electrons. The molecular formula is C15H19FN2O2. The molecule has 1 amide bonds. The molecule has 0 aromatic heterocycles. The Balaban J connectivity index is 1.77. The van der Waals surface area contributed by atoms with Crippen molar-refractivity contribution in [1.29, 1.82) is 0 Å². The third-order valence-corrected chi connectivity index (χ3v) is 3.50. The maximum absolute atomic E-state index is 12.8. The summed E-state index contributed by atoms with van der Waals surface area (Å²) in [4.78, 5) is 25.1. The van der Waals surface area contributed by atoms with E-state index in [1.54, 1.807) is 0 Å². The normalized spacial score (nSPS) is 19.0. The Bertz CT molecular complexity index is 487. The molecule has 1 fully saturated rings. The molecule has 1 N–H and O–H groups in total. The molecule has 5 heteroatoms. The lowest BCUT2D eigenvalue weighted by Gasteiger charge is -2.15. The number of amides is 1. The van der Waals surface area contributed by atoms with Gasteiger partial charge in [-0.05, 0) is 30.7 Å². The molecular weight excluding hydrogens is 259 g/mol. The van der Waals surface area contributed by atoms with Crippen LogP contribution in [0.3, 0.4) is 0 Å². The number of rotatable bonds is 5. The van der Waals surface area contributed by atoms with Crippen LogP contribution in [0.25, 0.3) is 0 Å². The molecule has 4 nitrogen and oxygen atoms in total.